The van der Waals surface area contributed by atoms with Gasteiger partial charge in [0.1, 0.15) is 11.2 Å². The number of hydrogen-bond donors (Lipinski definition) is 1. The largest absolute Gasteiger partial charge is 0.495 e. The Morgan fingerprint density at radius 2 is 2.08 bits per heavy atom. The molecular formula is C19H27ClN2O3. The van der Waals surface area contributed by atoms with Crippen LogP contribution in [0.2, 0.25) is 5.02 Å². The molecule has 1 aromatic rings. The van der Waals surface area contributed by atoms with Crippen LogP contribution in [-0.2, 0) is 9.59 Å². The number of benzene rings is 1. The molecule has 1 unspecified atom stereocenters. The fraction of sp³-hybridized carbons (Fsp3) is 0.579. The first-order valence-electron chi connectivity index (χ1n) is 8.77. The molecule has 0 aliphatic carbocycles. The predicted octanol–water partition coefficient (Wildman–Crippen LogP) is 4.10. The highest BCUT2D eigenvalue weighted by Gasteiger charge is 2.41. The Bertz CT molecular complexity index is 646. The van der Waals surface area contributed by atoms with Gasteiger partial charge in [-0.1, -0.05) is 18.5 Å². The van der Waals surface area contributed by atoms with E-state index in [2.05, 4.69) is 12.2 Å². The molecule has 1 aromatic carbocycles. The lowest BCUT2D eigenvalue weighted by molar-refractivity contribution is -0.149. The van der Waals surface area contributed by atoms with Crippen molar-refractivity contribution >= 4 is 29.1 Å². The smallest absolute Gasteiger partial charge is 0.239 e. The average Bonchev–Trinajstić information content (AvgIpc) is 2.61. The highest BCUT2D eigenvalue weighted by Crippen LogP contribution is 2.30. The lowest BCUT2D eigenvalue weighted by Crippen LogP contribution is -2.52. The normalized spacial score (nSPS) is 18.0. The number of anilines is 1. The van der Waals surface area contributed by atoms with E-state index in [1.807, 2.05) is 4.90 Å². The van der Waals surface area contributed by atoms with Gasteiger partial charge in [0.25, 0.3) is 0 Å². The zero-order valence-electron chi connectivity index (χ0n) is 15.4. The summed E-state index contributed by atoms with van der Waals surface area (Å²) in [6.07, 6.45) is 4.05. The minimum atomic E-state index is -1.14. The molecule has 25 heavy (non-hydrogen) atoms. The van der Waals surface area contributed by atoms with E-state index >= 15 is 0 Å². The van der Waals surface area contributed by atoms with Gasteiger partial charge in [-0.15, -0.1) is 0 Å². The third-order valence-corrected chi connectivity index (χ3v) is 5.17. The molecule has 138 valence electrons. The quantitative estimate of drug-likeness (QED) is 0.798. The molecule has 0 aromatic heterocycles. The minimum Gasteiger partial charge on any atom is -0.495 e. The van der Waals surface area contributed by atoms with Gasteiger partial charge in [-0.3, -0.25) is 9.59 Å². The second kappa shape index (κ2) is 8.09. The van der Waals surface area contributed by atoms with Crippen LogP contribution in [0.3, 0.4) is 0 Å². The van der Waals surface area contributed by atoms with E-state index in [0.29, 0.717) is 16.5 Å². The van der Waals surface area contributed by atoms with E-state index < -0.39 is 5.41 Å². The number of methoxy groups -OCH3 is 1. The summed E-state index contributed by atoms with van der Waals surface area (Å²) in [5.74, 6) is 0.0874. The number of nitrogens with one attached hydrogen (secondary N) is 1. The Hall–Kier alpha value is -1.75. The lowest BCUT2D eigenvalue weighted by atomic mass is 9.87. The fourth-order valence-electron chi connectivity index (χ4n) is 3.18. The number of amides is 2. The first-order valence-corrected chi connectivity index (χ1v) is 9.15. The number of carbonyl (C=O) groups is 2. The first kappa shape index (κ1) is 19.6. The first-order chi connectivity index (χ1) is 11.8. The maximum atomic E-state index is 13.0. The van der Waals surface area contributed by atoms with Crippen molar-refractivity contribution in [3.8, 4) is 5.75 Å². The molecule has 0 spiro atoms. The van der Waals surface area contributed by atoms with Crippen molar-refractivity contribution in [2.24, 2.45) is 5.41 Å². The van der Waals surface area contributed by atoms with E-state index in [-0.39, 0.29) is 17.9 Å². The van der Waals surface area contributed by atoms with Crippen molar-refractivity contribution in [3.05, 3.63) is 23.2 Å². The molecule has 1 heterocycles. The monoisotopic (exact) mass is 366 g/mol. The number of piperidine rings is 1. The standard InChI is InChI=1S/C19H27ClN2O3/c1-5-14-8-6-7-11-22(14)18(24)19(2,3)17(23)21-13-9-10-16(25-4)15(20)12-13/h9-10,12,14H,5-8,11H2,1-4H3,(H,21,23). The molecule has 5 nitrogen and oxygen atoms in total. The highest BCUT2D eigenvalue weighted by molar-refractivity contribution is 6.32. The summed E-state index contributed by atoms with van der Waals surface area (Å²) in [7, 11) is 1.53. The summed E-state index contributed by atoms with van der Waals surface area (Å²) >= 11 is 6.10. The molecule has 0 bridgehead atoms. The van der Waals surface area contributed by atoms with Crippen LogP contribution in [-0.4, -0.2) is 36.4 Å². The molecule has 0 radical (unpaired) electrons. The Balaban J connectivity index is 2.13. The highest BCUT2D eigenvalue weighted by atomic mass is 35.5. The molecule has 1 N–H and O–H groups in total. The second-order valence-corrected chi connectivity index (χ2v) is 7.39. The summed E-state index contributed by atoms with van der Waals surface area (Å²) in [5.41, 5.74) is -0.598. The van der Waals surface area contributed by atoms with Crippen molar-refractivity contribution in [1.29, 1.82) is 0 Å². The number of nitrogens with zero attached hydrogens (tertiary/aromatic N) is 1. The number of ether oxygens (including phenoxy) is 1. The van der Waals surface area contributed by atoms with E-state index in [4.69, 9.17) is 16.3 Å². The van der Waals surface area contributed by atoms with Gasteiger partial charge in [-0.25, -0.2) is 0 Å². The molecule has 2 amide bonds. The van der Waals surface area contributed by atoms with Gasteiger partial charge in [-0.2, -0.15) is 0 Å². The van der Waals surface area contributed by atoms with E-state index in [1.165, 1.54) is 7.11 Å². The molecule has 0 saturated carbocycles. The van der Waals surface area contributed by atoms with Gasteiger partial charge < -0.3 is 15.0 Å². The van der Waals surface area contributed by atoms with Crippen molar-refractivity contribution in [2.75, 3.05) is 19.0 Å². The Labute approximate surface area is 154 Å². The van der Waals surface area contributed by atoms with Gasteiger partial charge in [0.05, 0.1) is 12.1 Å². The summed E-state index contributed by atoms with van der Waals surface area (Å²) in [5, 5.41) is 3.21. The number of hydrogen-bond acceptors (Lipinski definition) is 3. The van der Waals surface area contributed by atoms with Crippen LogP contribution >= 0.6 is 11.6 Å². The molecule has 1 atom stereocenters. The number of halogens is 1. The molecular weight excluding hydrogens is 340 g/mol. The summed E-state index contributed by atoms with van der Waals surface area (Å²) in [6.45, 7) is 6.17. The lowest BCUT2D eigenvalue weighted by Gasteiger charge is -2.39. The fourth-order valence-corrected chi connectivity index (χ4v) is 3.44. The zero-order valence-corrected chi connectivity index (χ0v) is 16.2. The van der Waals surface area contributed by atoms with Crippen molar-refractivity contribution in [1.82, 2.24) is 4.90 Å². The second-order valence-electron chi connectivity index (χ2n) is 6.98. The number of likely N-dealkylation sites (tertiary alicyclic amines) is 1. The molecule has 1 fully saturated rings. The maximum absolute atomic E-state index is 13.0. The van der Waals surface area contributed by atoms with Crippen LogP contribution in [0.4, 0.5) is 5.69 Å². The van der Waals surface area contributed by atoms with Crippen molar-refractivity contribution < 1.29 is 14.3 Å². The van der Waals surface area contributed by atoms with Crippen LogP contribution in [0, 0.1) is 5.41 Å². The average molecular weight is 367 g/mol. The van der Waals surface area contributed by atoms with Crippen molar-refractivity contribution in [3.63, 3.8) is 0 Å². The Morgan fingerprint density at radius 3 is 2.68 bits per heavy atom. The molecule has 1 aliphatic rings. The molecule has 2 rings (SSSR count). The van der Waals surface area contributed by atoms with Crippen LogP contribution in [0.1, 0.15) is 46.5 Å². The van der Waals surface area contributed by atoms with Gasteiger partial charge in [0, 0.05) is 18.3 Å². The van der Waals surface area contributed by atoms with Gasteiger partial charge in [0.2, 0.25) is 11.8 Å². The summed E-state index contributed by atoms with van der Waals surface area (Å²) in [6, 6.07) is 5.24. The van der Waals surface area contributed by atoms with Crippen LogP contribution in [0.5, 0.6) is 5.75 Å². The topological polar surface area (TPSA) is 58.6 Å². The predicted molar refractivity (Wildman–Crippen MR) is 100 cm³/mol. The van der Waals surface area contributed by atoms with E-state index in [9.17, 15) is 9.59 Å². The van der Waals surface area contributed by atoms with Crippen LogP contribution < -0.4 is 10.1 Å². The van der Waals surface area contributed by atoms with E-state index in [0.717, 1.165) is 32.2 Å². The maximum Gasteiger partial charge on any atom is 0.239 e. The minimum absolute atomic E-state index is 0.115. The Morgan fingerprint density at radius 1 is 1.36 bits per heavy atom. The molecule has 1 aliphatic heterocycles. The number of carbonyl (C=O) groups excluding carboxylic acids is 2. The van der Waals surface area contributed by atoms with E-state index in [1.54, 1.807) is 32.0 Å². The molecule has 6 heteroatoms. The summed E-state index contributed by atoms with van der Waals surface area (Å²) in [4.78, 5) is 27.6. The third-order valence-electron chi connectivity index (χ3n) is 4.87. The molecule has 1 saturated heterocycles. The van der Waals surface area contributed by atoms with Gasteiger partial charge in [0.15, 0.2) is 0 Å². The van der Waals surface area contributed by atoms with Gasteiger partial charge >= 0.3 is 0 Å². The van der Waals surface area contributed by atoms with Crippen LogP contribution in [0.15, 0.2) is 18.2 Å². The SMILES string of the molecule is CCC1CCCCN1C(=O)C(C)(C)C(=O)Nc1ccc(OC)c(Cl)c1. The van der Waals surface area contributed by atoms with Crippen LogP contribution in [0.25, 0.3) is 0 Å². The van der Waals surface area contributed by atoms with Crippen molar-refractivity contribution in [2.45, 2.75) is 52.5 Å². The number of rotatable bonds is 5. The summed E-state index contributed by atoms with van der Waals surface area (Å²) < 4.78 is 5.11. The zero-order chi connectivity index (χ0) is 18.6. The Kier molecular flexibility index (Phi) is 6.33. The third kappa shape index (κ3) is 4.27. The van der Waals surface area contributed by atoms with Gasteiger partial charge in [-0.05, 0) is 57.7 Å².